The molecule has 0 radical (unpaired) electrons. The lowest BCUT2D eigenvalue weighted by molar-refractivity contribution is -0.118. The van der Waals surface area contributed by atoms with Crippen molar-refractivity contribution in [3.63, 3.8) is 0 Å². The van der Waals surface area contributed by atoms with Crippen molar-refractivity contribution in [1.82, 2.24) is 0 Å². The molecule has 3 rings (SSSR count). The van der Waals surface area contributed by atoms with Crippen LogP contribution in [0.25, 0.3) is 0 Å². The highest BCUT2D eigenvalue weighted by Gasteiger charge is 2.23. The van der Waals surface area contributed by atoms with Gasteiger partial charge in [0.05, 0.1) is 5.56 Å². The summed E-state index contributed by atoms with van der Waals surface area (Å²) in [5.41, 5.74) is 2.49. The van der Waals surface area contributed by atoms with Crippen molar-refractivity contribution >= 4 is 17.6 Å². The molecule has 2 aromatic rings. The number of aromatic carboxylic acids is 1. The maximum absolute atomic E-state index is 13.4. The average molecular weight is 327 g/mol. The molecule has 24 heavy (non-hydrogen) atoms. The van der Waals surface area contributed by atoms with Gasteiger partial charge < -0.3 is 10.0 Å². The molecule has 1 N–H and O–H groups in total. The van der Waals surface area contributed by atoms with Crippen molar-refractivity contribution in [2.24, 2.45) is 0 Å². The van der Waals surface area contributed by atoms with Crippen LogP contribution in [0.2, 0.25) is 0 Å². The molecule has 124 valence electrons. The standard InChI is InChI=1S/C19H18FNO3/c20-15-8-9-17-14(12-15)5-3-11-21(17)18(22)10-7-13-4-1-2-6-16(13)19(23)24/h1-2,4,6,8-9,12H,3,5,7,10-11H2,(H,23,24). The highest BCUT2D eigenvalue weighted by atomic mass is 19.1. The summed E-state index contributed by atoms with van der Waals surface area (Å²) < 4.78 is 13.4. The van der Waals surface area contributed by atoms with Crippen LogP contribution in [0.15, 0.2) is 42.5 Å². The predicted octanol–water partition coefficient (Wildman–Crippen LogP) is 3.44. The third-order valence-corrected chi connectivity index (χ3v) is 4.32. The first-order valence-corrected chi connectivity index (χ1v) is 7.96. The van der Waals surface area contributed by atoms with Crippen LogP contribution in [-0.2, 0) is 17.6 Å². The van der Waals surface area contributed by atoms with E-state index < -0.39 is 5.97 Å². The largest absolute Gasteiger partial charge is 0.478 e. The van der Waals surface area contributed by atoms with Gasteiger partial charge in [0.15, 0.2) is 0 Å². The van der Waals surface area contributed by atoms with Crippen molar-refractivity contribution in [2.75, 3.05) is 11.4 Å². The van der Waals surface area contributed by atoms with Crippen molar-refractivity contribution in [1.29, 1.82) is 0 Å². The zero-order chi connectivity index (χ0) is 17.1. The molecule has 0 aromatic heterocycles. The van der Waals surface area contributed by atoms with Crippen molar-refractivity contribution in [3.05, 3.63) is 65.0 Å². The zero-order valence-corrected chi connectivity index (χ0v) is 13.2. The molecule has 1 amide bonds. The minimum absolute atomic E-state index is 0.0669. The van der Waals surface area contributed by atoms with Crippen LogP contribution in [0.3, 0.4) is 0 Å². The number of fused-ring (bicyclic) bond motifs is 1. The fraction of sp³-hybridized carbons (Fsp3) is 0.263. The van der Waals surface area contributed by atoms with E-state index in [0.717, 1.165) is 24.1 Å². The maximum Gasteiger partial charge on any atom is 0.335 e. The second-order valence-electron chi connectivity index (χ2n) is 5.88. The Morgan fingerprint density at radius 3 is 2.75 bits per heavy atom. The quantitative estimate of drug-likeness (QED) is 0.936. The van der Waals surface area contributed by atoms with Gasteiger partial charge in [0.2, 0.25) is 5.91 Å². The number of anilines is 1. The first-order chi connectivity index (χ1) is 11.6. The highest BCUT2D eigenvalue weighted by Crippen LogP contribution is 2.28. The monoisotopic (exact) mass is 327 g/mol. The van der Waals surface area contributed by atoms with Crippen molar-refractivity contribution < 1.29 is 19.1 Å². The molecule has 0 aliphatic carbocycles. The van der Waals surface area contributed by atoms with Crippen LogP contribution in [-0.4, -0.2) is 23.5 Å². The number of hydrogen-bond donors (Lipinski definition) is 1. The van der Waals surface area contributed by atoms with E-state index in [2.05, 4.69) is 0 Å². The number of rotatable bonds is 4. The third kappa shape index (κ3) is 3.30. The van der Waals surface area contributed by atoms with Gasteiger partial charge in [0, 0.05) is 18.7 Å². The van der Waals surface area contributed by atoms with Gasteiger partial charge in [-0.1, -0.05) is 18.2 Å². The van der Waals surface area contributed by atoms with Crippen LogP contribution in [0, 0.1) is 5.82 Å². The lowest BCUT2D eigenvalue weighted by Crippen LogP contribution is -2.35. The smallest absolute Gasteiger partial charge is 0.335 e. The molecule has 0 spiro atoms. The lowest BCUT2D eigenvalue weighted by atomic mass is 9.99. The molecule has 1 aliphatic rings. The van der Waals surface area contributed by atoms with Gasteiger partial charge in [-0.15, -0.1) is 0 Å². The number of hydrogen-bond acceptors (Lipinski definition) is 2. The van der Waals surface area contributed by atoms with E-state index in [-0.39, 0.29) is 23.7 Å². The SMILES string of the molecule is O=C(O)c1ccccc1CCC(=O)N1CCCc2cc(F)ccc21. The van der Waals surface area contributed by atoms with E-state index in [0.29, 0.717) is 18.5 Å². The molecule has 0 unspecified atom stereocenters. The second-order valence-corrected chi connectivity index (χ2v) is 5.88. The van der Waals surface area contributed by atoms with E-state index >= 15 is 0 Å². The summed E-state index contributed by atoms with van der Waals surface area (Å²) in [6.45, 7) is 0.609. The molecule has 1 heterocycles. The van der Waals surface area contributed by atoms with Gasteiger partial charge >= 0.3 is 5.97 Å². The molecule has 4 nitrogen and oxygen atoms in total. The summed E-state index contributed by atoms with van der Waals surface area (Å²) in [5.74, 6) is -1.35. The minimum atomic E-state index is -0.989. The molecule has 0 bridgehead atoms. The van der Waals surface area contributed by atoms with Gasteiger partial charge in [0.1, 0.15) is 5.82 Å². The zero-order valence-electron chi connectivity index (χ0n) is 13.2. The van der Waals surface area contributed by atoms with Gasteiger partial charge in [-0.05, 0) is 54.7 Å². The summed E-state index contributed by atoms with van der Waals surface area (Å²) in [4.78, 5) is 25.5. The van der Waals surface area contributed by atoms with Crippen LogP contribution in [0.1, 0.15) is 34.3 Å². The van der Waals surface area contributed by atoms with E-state index in [4.69, 9.17) is 0 Å². The molecule has 5 heteroatoms. The number of carbonyl (C=O) groups excluding carboxylic acids is 1. The summed E-state index contributed by atoms with van der Waals surface area (Å²) in [7, 11) is 0. The Labute approximate surface area is 139 Å². The van der Waals surface area contributed by atoms with Gasteiger partial charge in [0.25, 0.3) is 0 Å². The molecule has 0 atom stereocenters. The predicted molar refractivity (Wildman–Crippen MR) is 88.8 cm³/mol. The average Bonchev–Trinajstić information content (AvgIpc) is 2.59. The van der Waals surface area contributed by atoms with E-state index in [1.807, 2.05) is 0 Å². The number of aryl methyl sites for hydroxylation is 2. The first kappa shape index (κ1) is 16.2. The molecule has 0 saturated carbocycles. The van der Waals surface area contributed by atoms with E-state index in [1.54, 1.807) is 35.2 Å². The Balaban J connectivity index is 1.74. The number of carbonyl (C=O) groups is 2. The van der Waals surface area contributed by atoms with Crippen LogP contribution in [0.4, 0.5) is 10.1 Å². The van der Waals surface area contributed by atoms with Gasteiger partial charge in [-0.25, -0.2) is 9.18 Å². The van der Waals surface area contributed by atoms with Crippen LogP contribution in [0.5, 0.6) is 0 Å². The van der Waals surface area contributed by atoms with Gasteiger partial charge in [-0.2, -0.15) is 0 Å². The number of carboxylic acid groups (broad SMARTS) is 1. The van der Waals surface area contributed by atoms with Gasteiger partial charge in [-0.3, -0.25) is 4.79 Å². The normalized spacial score (nSPS) is 13.5. The topological polar surface area (TPSA) is 57.6 Å². The Morgan fingerprint density at radius 2 is 1.96 bits per heavy atom. The summed E-state index contributed by atoms with van der Waals surface area (Å²) in [6.07, 6.45) is 2.15. The van der Waals surface area contributed by atoms with E-state index in [9.17, 15) is 19.1 Å². The Bertz CT molecular complexity index is 788. The highest BCUT2D eigenvalue weighted by molar-refractivity contribution is 5.95. The Morgan fingerprint density at radius 1 is 1.17 bits per heavy atom. The van der Waals surface area contributed by atoms with Crippen molar-refractivity contribution in [2.45, 2.75) is 25.7 Å². The summed E-state index contributed by atoms with van der Waals surface area (Å²) in [6, 6.07) is 11.2. The fourth-order valence-electron chi connectivity index (χ4n) is 3.15. The molecular formula is C19H18FNO3. The first-order valence-electron chi connectivity index (χ1n) is 7.96. The number of benzene rings is 2. The summed E-state index contributed by atoms with van der Waals surface area (Å²) in [5, 5.41) is 9.20. The molecule has 0 fully saturated rings. The van der Waals surface area contributed by atoms with Crippen molar-refractivity contribution in [3.8, 4) is 0 Å². The third-order valence-electron chi connectivity index (χ3n) is 4.32. The van der Waals surface area contributed by atoms with E-state index in [1.165, 1.54) is 12.1 Å². The maximum atomic E-state index is 13.4. The molecule has 0 saturated heterocycles. The number of carboxylic acids is 1. The Kier molecular flexibility index (Phi) is 4.60. The fourth-order valence-corrected chi connectivity index (χ4v) is 3.15. The number of nitrogens with zero attached hydrogens (tertiary/aromatic N) is 1. The van der Waals surface area contributed by atoms with Crippen LogP contribution < -0.4 is 4.90 Å². The number of halogens is 1. The van der Waals surface area contributed by atoms with Crippen LogP contribution >= 0.6 is 0 Å². The summed E-state index contributed by atoms with van der Waals surface area (Å²) >= 11 is 0. The minimum Gasteiger partial charge on any atom is -0.478 e. The second kappa shape index (κ2) is 6.83. The number of amides is 1. The Hall–Kier alpha value is -2.69. The molecular weight excluding hydrogens is 309 g/mol. The molecule has 1 aliphatic heterocycles. The molecule has 2 aromatic carbocycles. The lowest BCUT2D eigenvalue weighted by Gasteiger charge is -2.29.